The Kier molecular flexibility index (Phi) is 25.9. The van der Waals surface area contributed by atoms with Gasteiger partial charge < -0.3 is 78.5 Å². The number of phenols is 2. The van der Waals surface area contributed by atoms with Gasteiger partial charge in [-0.25, -0.2) is 4.79 Å². The standard InChI is InChI=1S/C51H69N9O19S/c1-6-26(2)41(59-44(68)28(4)53-48(72)39(25-80(77,78)79)58-43(67)27(3)52-40(66)22-32-14-18-34(65)19-15-32)49(73)54-35(20-30-10-8-7-9-11-30)45(69)60-42(29(5)63)50(74)57-38(24-62)47(71)56-37(23-61)46(70)55-36(51(75)76)21-31-12-16-33(64)17-13-31/h7-19,26-29,35-39,41-42,61-65H,6,20-25H2,1-5H3,(H,52,66)(H,53,72)(H,54,73)(H,55,70)(H,56,71)(H,57,74)(H,58,67)(H,59,68)(H,60,69)(H,75,76)(H,77,78,79)/t26-,27-,28-,29+,35-,36-,37-,38-,39-,41-,42-/m0/s1. The summed E-state index contributed by atoms with van der Waals surface area (Å²) in [7, 11) is -4.97. The molecular formula is C51H69N9O19S. The molecule has 11 atom stereocenters. The largest absolute Gasteiger partial charge is 0.508 e. The van der Waals surface area contributed by atoms with Crippen LogP contribution in [0.4, 0.5) is 0 Å². The highest BCUT2D eigenvalue weighted by Crippen LogP contribution is 2.14. The fraction of sp³-hybridized carbons (Fsp3) is 0.451. The third-order valence-corrected chi connectivity index (χ3v) is 13.0. The van der Waals surface area contributed by atoms with Crippen molar-refractivity contribution in [2.75, 3.05) is 19.0 Å². The molecule has 80 heavy (non-hydrogen) atoms. The maximum absolute atomic E-state index is 14.2. The second-order valence-corrected chi connectivity index (χ2v) is 20.3. The first-order chi connectivity index (χ1) is 37.5. The zero-order chi connectivity index (χ0) is 60.0. The van der Waals surface area contributed by atoms with Gasteiger partial charge in [0.1, 0.15) is 71.6 Å². The van der Waals surface area contributed by atoms with E-state index in [9.17, 15) is 91.6 Å². The Morgan fingerprint density at radius 2 is 0.875 bits per heavy atom. The molecule has 0 aliphatic rings. The number of carbonyl (C=O) groups excluding carboxylic acids is 9. The lowest BCUT2D eigenvalue weighted by atomic mass is 9.96. The third kappa shape index (κ3) is 21.9. The van der Waals surface area contributed by atoms with Crippen molar-refractivity contribution < 1.29 is 91.6 Å². The van der Waals surface area contributed by atoms with Crippen molar-refractivity contribution in [1.82, 2.24) is 47.9 Å². The van der Waals surface area contributed by atoms with E-state index in [4.69, 9.17) is 0 Å². The van der Waals surface area contributed by atoms with E-state index in [1.807, 2.05) is 0 Å². The highest BCUT2D eigenvalue weighted by molar-refractivity contribution is 7.85. The summed E-state index contributed by atoms with van der Waals surface area (Å²) in [6.07, 6.45) is -2.24. The van der Waals surface area contributed by atoms with Crippen LogP contribution in [0.15, 0.2) is 78.9 Å². The van der Waals surface area contributed by atoms with E-state index in [-0.39, 0.29) is 37.2 Å². The zero-order valence-corrected chi connectivity index (χ0v) is 45.1. The molecule has 0 fully saturated rings. The number of hydrogen-bond acceptors (Lipinski definition) is 17. The number of aliphatic hydroxyl groups excluding tert-OH is 3. The van der Waals surface area contributed by atoms with Crippen molar-refractivity contribution in [3.8, 4) is 11.5 Å². The van der Waals surface area contributed by atoms with Gasteiger partial charge in [0.15, 0.2) is 0 Å². The van der Waals surface area contributed by atoms with Crippen molar-refractivity contribution in [2.24, 2.45) is 5.92 Å². The van der Waals surface area contributed by atoms with Crippen LogP contribution in [0.1, 0.15) is 57.7 Å². The summed E-state index contributed by atoms with van der Waals surface area (Å²) in [5.41, 5.74) is 1.34. The summed E-state index contributed by atoms with van der Waals surface area (Å²) in [6, 6.07) is 3.93. The summed E-state index contributed by atoms with van der Waals surface area (Å²) in [5.74, 6) is -13.5. The molecule has 0 aliphatic carbocycles. The van der Waals surface area contributed by atoms with Gasteiger partial charge in [0.2, 0.25) is 53.2 Å². The minimum Gasteiger partial charge on any atom is -0.508 e. The van der Waals surface area contributed by atoms with Gasteiger partial charge in [-0.05, 0) is 67.6 Å². The van der Waals surface area contributed by atoms with E-state index in [0.717, 1.165) is 13.8 Å². The molecule has 0 heterocycles. The monoisotopic (exact) mass is 1140 g/mol. The molecule has 0 aliphatic heterocycles. The summed E-state index contributed by atoms with van der Waals surface area (Å²) >= 11 is 0. The quantitative estimate of drug-likeness (QED) is 0.0272. The van der Waals surface area contributed by atoms with E-state index >= 15 is 0 Å². The zero-order valence-electron chi connectivity index (χ0n) is 44.2. The Morgan fingerprint density at radius 1 is 0.475 bits per heavy atom. The van der Waals surface area contributed by atoms with E-state index in [1.54, 1.807) is 44.2 Å². The van der Waals surface area contributed by atoms with Gasteiger partial charge in [0, 0.05) is 12.8 Å². The number of aliphatic hydroxyl groups is 3. The van der Waals surface area contributed by atoms with Crippen LogP contribution in [0.25, 0.3) is 0 Å². The maximum Gasteiger partial charge on any atom is 0.326 e. The number of amides is 9. The summed E-state index contributed by atoms with van der Waals surface area (Å²) < 4.78 is 33.5. The first kappa shape index (κ1) is 66.0. The molecule has 0 spiro atoms. The number of carboxylic acid groups (broad SMARTS) is 1. The van der Waals surface area contributed by atoms with Crippen molar-refractivity contribution >= 4 is 69.3 Å². The van der Waals surface area contributed by atoms with E-state index in [1.165, 1.54) is 55.5 Å². The van der Waals surface area contributed by atoms with Crippen LogP contribution in [0, 0.1) is 5.92 Å². The first-order valence-electron chi connectivity index (χ1n) is 25.0. The molecule has 0 saturated heterocycles. The van der Waals surface area contributed by atoms with Crippen LogP contribution in [-0.4, -0.2) is 182 Å². The van der Waals surface area contributed by atoms with Crippen molar-refractivity contribution in [2.45, 2.75) is 121 Å². The molecule has 9 amide bonds. The summed E-state index contributed by atoms with van der Waals surface area (Å²) in [5, 5.41) is 80.0. The van der Waals surface area contributed by atoms with Crippen molar-refractivity contribution in [3.05, 3.63) is 95.6 Å². The molecule has 438 valence electrons. The lowest BCUT2D eigenvalue weighted by Crippen LogP contribution is -2.63. The van der Waals surface area contributed by atoms with Gasteiger partial charge in [0.25, 0.3) is 10.1 Å². The molecule has 0 bridgehead atoms. The lowest BCUT2D eigenvalue weighted by molar-refractivity contribution is -0.142. The van der Waals surface area contributed by atoms with Gasteiger partial charge in [-0.1, -0.05) is 74.9 Å². The number of phenolic OH excluding ortho intramolecular Hbond substituents is 2. The summed E-state index contributed by atoms with van der Waals surface area (Å²) in [4.78, 5) is 133. The predicted octanol–water partition coefficient (Wildman–Crippen LogP) is -4.09. The highest BCUT2D eigenvalue weighted by Gasteiger charge is 2.37. The molecule has 0 unspecified atom stereocenters. The topological polar surface area (TPSA) is 455 Å². The SMILES string of the molecule is CC[C@H](C)[C@H](NC(=O)[C@H](C)NC(=O)[C@H](CS(=O)(=O)O)NC(=O)[C@H](C)NC(=O)Cc1ccc(O)cc1)C(=O)N[C@@H](Cc1ccccc1)C(=O)N[C@H](C(=O)N[C@@H](CO)C(=O)N[C@@H](CO)C(=O)N[C@@H](Cc1ccc(O)cc1)C(=O)O)[C@@H](C)O. The van der Waals surface area contributed by atoms with Gasteiger partial charge >= 0.3 is 5.97 Å². The number of hydrogen-bond donors (Lipinski definition) is 16. The number of nitrogens with one attached hydrogen (secondary N) is 9. The molecule has 0 radical (unpaired) electrons. The maximum atomic E-state index is 14.2. The van der Waals surface area contributed by atoms with Crippen molar-refractivity contribution in [3.63, 3.8) is 0 Å². The minimum absolute atomic E-state index is 0.0475. The Balaban J connectivity index is 1.75. The molecule has 3 aromatic carbocycles. The Hall–Kier alpha value is -8.25. The van der Waals surface area contributed by atoms with E-state index in [2.05, 4.69) is 47.9 Å². The van der Waals surface area contributed by atoms with E-state index < -0.39 is 155 Å². The second kappa shape index (κ2) is 31.4. The van der Waals surface area contributed by atoms with Gasteiger partial charge in [0.05, 0.1) is 25.7 Å². The fourth-order valence-corrected chi connectivity index (χ4v) is 8.10. The number of rotatable bonds is 31. The Morgan fingerprint density at radius 3 is 1.38 bits per heavy atom. The van der Waals surface area contributed by atoms with Crippen LogP contribution in [-0.2, 0) is 77.3 Å². The molecule has 3 aromatic rings. The highest BCUT2D eigenvalue weighted by atomic mass is 32.2. The molecule has 28 nitrogen and oxygen atoms in total. The first-order valence-corrected chi connectivity index (χ1v) is 26.6. The average molecular weight is 1140 g/mol. The number of benzene rings is 3. The van der Waals surface area contributed by atoms with Crippen LogP contribution < -0.4 is 47.9 Å². The van der Waals surface area contributed by atoms with Crippen LogP contribution >= 0.6 is 0 Å². The minimum atomic E-state index is -4.97. The Bertz CT molecular complexity index is 2750. The molecular weight excluding hydrogens is 1070 g/mol. The van der Waals surface area contributed by atoms with Crippen LogP contribution in [0.3, 0.4) is 0 Å². The molecule has 16 N–H and O–H groups in total. The van der Waals surface area contributed by atoms with Crippen LogP contribution in [0.5, 0.6) is 11.5 Å². The Labute approximate surface area is 460 Å². The predicted molar refractivity (Wildman–Crippen MR) is 282 cm³/mol. The molecule has 3 rings (SSSR count). The normalized spacial score (nSPS) is 15.4. The third-order valence-electron chi connectivity index (χ3n) is 12.2. The van der Waals surface area contributed by atoms with Gasteiger partial charge in [-0.3, -0.25) is 47.7 Å². The molecule has 0 aromatic heterocycles. The average Bonchev–Trinajstić information content (AvgIpc) is 3.40. The molecule has 0 saturated carbocycles. The van der Waals surface area contributed by atoms with Crippen LogP contribution in [0.2, 0.25) is 0 Å². The van der Waals surface area contributed by atoms with Crippen molar-refractivity contribution in [1.29, 1.82) is 0 Å². The lowest BCUT2D eigenvalue weighted by Gasteiger charge is -2.29. The second-order valence-electron chi connectivity index (χ2n) is 18.8. The number of carbonyl (C=O) groups is 10. The van der Waals surface area contributed by atoms with Gasteiger partial charge in [-0.15, -0.1) is 0 Å². The number of carboxylic acids is 1. The van der Waals surface area contributed by atoms with Gasteiger partial charge in [-0.2, -0.15) is 8.42 Å². The molecule has 29 heteroatoms. The van der Waals surface area contributed by atoms with E-state index in [0.29, 0.717) is 16.7 Å². The number of aliphatic carboxylic acids is 1. The summed E-state index contributed by atoms with van der Waals surface area (Å²) in [6.45, 7) is 4.47. The number of aromatic hydroxyl groups is 2. The smallest absolute Gasteiger partial charge is 0.326 e. The fourth-order valence-electron chi connectivity index (χ4n) is 7.45.